The molecule has 2 aromatic carbocycles. The molecule has 8 heteroatoms. The van der Waals surface area contributed by atoms with E-state index in [0.29, 0.717) is 12.1 Å². The summed E-state index contributed by atoms with van der Waals surface area (Å²) in [6, 6.07) is 11.4. The van der Waals surface area contributed by atoms with Crippen molar-refractivity contribution in [3.05, 3.63) is 58.9 Å². The van der Waals surface area contributed by atoms with E-state index in [1.165, 1.54) is 12.1 Å². The number of rotatable bonds is 5. The maximum absolute atomic E-state index is 13.2. The van der Waals surface area contributed by atoms with E-state index < -0.39 is 18.1 Å². The van der Waals surface area contributed by atoms with Crippen LogP contribution in [0.15, 0.2) is 42.5 Å². The van der Waals surface area contributed by atoms with Crippen LogP contribution in [0.25, 0.3) is 0 Å². The maximum atomic E-state index is 13.2. The number of carbonyl (C=O) groups is 1. The summed E-state index contributed by atoms with van der Waals surface area (Å²) < 4.78 is 18.3. The van der Waals surface area contributed by atoms with Gasteiger partial charge in [-0.05, 0) is 42.3 Å². The Morgan fingerprint density at radius 2 is 1.96 bits per heavy atom. The first kappa shape index (κ1) is 17.5. The van der Waals surface area contributed by atoms with Crippen LogP contribution in [0, 0.1) is 5.82 Å². The molecule has 0 bridgehead atoms. The van der Waals surface area contributed by atoms with E-state index in [9.17, 15) is 9.18 Å². The lowest BCUT2D eigenvalue weighted by Gasteiger charge is -2.32. The van der Waals surface area contributed by atoms with Crippen molar-refractivity contribution >= 4 is 23.2 Å². The lowest BCUT2D eigenvalue weighted by atomic mass is 10.1. The molecule has 0 aromatic heterocycles. The Labute approximate surface area is 149 Å². The van der Waals surface area contributed by atoms with E-state index in [4.69, 9.17) is 16.3 Å². The molecule has 0 radical (unpaired) electrons. The summed E-state index contributed by atoms with van der Waals surface area (Å²) in [5.41, 5.74) is 7.54. The summed E-state index contributed by atoms with van der Waals surface area (Å²) in [5.74, 6) is 0.121. The molecule has 2 unspecified atom stereocenters. The molecule has 1 saturated heterocycles. The smallest absolute Gasteiger partial charge is 0.241 e. The van der Waals surface area contributed by atoms with Crippen molar-refractivity contribution in [2.45, 2.75) is 18.8 Å². The average molecular weight is 365 g/mol. The number of amides is 1. The quantitative estimate of drug-likeness (QED) is 0.653. The number of hydrogen-bond donors (Lipinski definition) is 4. The summed E-state index contributed by atoms with van der Waals surface area (Å²) in [4.78, 5) is 12.3. The van der Waals surface area contributed by atoms with Crippen LogP contribution < -0.4 is 26.2 Å². The standard InChI is InChI=1S/C17H18ClFN4O2/c1-25-12-5-2-10(3-6-12)8-15-16(24)21-17(23-22-15)20-11-4-7-14(19)13(18)9-11/h2-7,9,15,17,20,22-23H,8H2,1H3,(H,21,24). The first-order chi connectivity index (χ1) is 12.0. The number of carbonyl (C=O) groups excluding carboxylic acids is 1. The Bertz CT molecular complexity index is 757. The van der Waals surface area contributed by atoms with Crippen molar-refractivity contribution in [2.24, 2.45) is 0 Å². The highest BCUT2D eigenvalue weighted by atomic mass is 35.5. The molecular formula is C17H18ClFN4O2. The minimum Gasteiger partial charge on any atom is -0.497 e. The van der Waals surface area contributed by atoms with Gasteiger partial charge in [0.25, 0.3) is 0 Å². The number of ether oxygens (including phenoxy) is 1. The molecule has 2 aromatic rings. The number of benzene rings is 2. The van der Waals surface area contributed by atoms with Crippen molar-refractivity contribution in [2.75, 3.05) is 12.4 Å². The fourth-order valence-corrected chi connectivity index (χ4v) is 2.67. The van der Waals surface area contributed by atoms with Gasteiger partial charge in [-0.2, -0.15) is 0 Å². The summed E-state index contributed by atoms with van der Waals surface area (Å²) in [5, 5.41) is 5.82. The predicted octanol–water partition coefficient (Wildman–Crippen LogP) is 2.02. The average Bonchev–Trinajstić information content (AvgIpc) is 2.61. The van der Waals surface area contributed by atoms with Crippen LogP contribution >= 0.6 is 11.6 Å². The Hall–Kier alpha value is -2.35. The van der Waals surface area contributed by atoms with Crippen LogP contribution in [0.5, 0.6) is 5.75 Å². The molecule has 25 heavy (non-hydrogen) atoms. The molecule has 0 aliphatic carbocycles. The van der Waals surface area contributed by atoms with E-state index >= 15 is 0 Å². The molecule has 1 heterocycles. The van der Waals surface area contributed by atoms with Gasteiger partial charge in [0, 0.05) is 5.69 Å². The normalized spacial score (nSPS) is 20.0. The second-order valence-electron chi connectivity index (χ2n) is 5.61. The third-order valence-electron chi connectivity index (χ3n) is 3.83. The largest absolute Gasteiger partial charge is 0.497 e. The van der Waals surface area contributed by atoms with E-state index in [0.717, 1.165) is 11.3 Å². The first-order valence-electron chi connectivity index (χ1n) is 7.71. The highest BCUT2D eigenvalue weighted by molar-refractivity contribution is 6.31. The minimum absolute atomic E-state index is 0.0116. The van der Waals surface area contributed by atoms with Crippen LogP contribution in [0.3, 0.4) is 0 Å². The van der Waals surface area contributed by atoms with Gasteiger partial charge < -0.3 is 15.4 Å². The first-order valence-corrected chi connectivity index (χ1v) is 8.09. The molecular weight excluding hydrogens is 347 g/mol. The number of anilines is 1. The number of halogens is 2. The predicted molar refractivity (Wildman–Crippen MR) is 93.7 cm³/mol. The van der Waals surface area contributed by atoms with Gasteiger partial charge in [0.05, 0.1) is 12.1 Å². The zero-order valence-electron chi connectivity index (χ0n) is 13.5. The molecule has 132 valence electrons. The van der Waals surface area contributed by atoms with Gasteiger partial charge in [-0.15, -0.1) is 0 Å². The van der Waals surface area contributed by atoms with Crippen molar-refractivity contribution < 1.29 is 13.9 Å². The fourth-order valence-electron chi connectivity index (χ4n) is 2.49. The van der Waals surface area contributed by atoms with Gasteiger partial charge in [0.15, 0.2) is 6.29 Å². The Balaban J connectivity index is 1.56. The van der Waals surface area contributed by atoms with Crippen molar-refractivity contribution in [1.29, 1.82) is 0 Å². The van der Waals surface area contributed by atoms with Crippen molar-refractivity contribution in [3.63, 3.8) is 0 Å². The van der Waals surface area contributed by atoms with Crippen LogP contribution in [-0.4, -0.2) is 25.3 Å². The minimum atomic E-state index is -0.541. The highest BCUT2D eigenvalue weighted by Gasteiger charge is 2.27. The summed E-state index contributed by atoms with van der Waals surface area (Å²) in [6.07, 6.45) is -0.0149. The van der Waals surface area contributed by atoms with E-state index in [1.807, 2.05) is 24.3 Å². The monoisotopic (exact) mass is 364 g/mol. The molecule has 4 N–H and O–H groups in total. The van der Waals surface area contributed by atoms with Gasteiger partial charge in [-0.3, -0.25) is 4.79 Å². The second-order valence-corrected chi connectivity index (χ2v) is 6.02. The van der Waals surface area contributed by atoms with Crippen molar-refractivity contribution in [3.8, 4) is 5.75 Å². The highest BCUT2D eigenvalue weighted by Crippen LogP contribution is 2.19. The zero-order valence-corrected chi connectivity index (χ0v) is 14.2. The maximum Gasteiger partial charge on any atom is 0.241 e. The molecule has 6 nitrogen and oxygen atoms in total. The Morgan fingerprint density at radius 3 is 2.60 bits per heavy atom. The number of hydrazine groups is 1. The van der Waals surface area contributed by atoms with Crippen LogP contribution in [0.4, 0.5) is 10.1 Å². The SMILES string of the molecule is COc1ccc(CC2NNC(Nc3ccc(F)c(Cl)c3)NC2=O)cc1. The molecule has 1 amide bonds. The summed E-state index contributed by atoms with van der Waals surface area (Å²) in [7, 11) is 1.61. The molecule has 1 fully saturated rings. The molecule has 2 atom stereocenters. The summed E-state index contributed by atoms with van der Waals surface area (Å²) >= 11 is 5.75. The summed E-state index contributed by atoms with van der Waals surface area (Å²) in [6.45, 7) is 0. The Kier molecular flexibility index (Phi) is 5.37. The lowest BCUT2D eigenvalue weighted by Crippen LogP contribution is -2.68. The number of methoxy groups -OCH3 is 1. The molecule has 1 aliphatic rings. The zero-order chi connectivity index (χ0) is 17.8. The molecule has 1 aliphatic heterocycles. The van der Waals surface area contributed by atoms with Gasteiger partial charge in [-0.25, -0.2) is 15.2 Å². The van der Waals surface area contributed by atoms with Gasteiger partial charge in [0.1, 0.15) is 17.6 Å². The van der Waals surface area contributed by atoms with Crippen molar-refractivity contribution in [1.82, 2.24) is 16.2 Å². The number of hydrogen-bond acceptors (Lipinski definition) is 5. The fraction of sp³-hybridized carbons (Fsp3) is 0.235. The topological polar surface area (TPSA) is 74.4 Å². The molecule has 3 rings (SSSR count). The van der Waals surface area contributed by atoms with Gasteiger partial charge in [-0.1, -0.05) is 23.7 Å². The van der Waals surface area contributed by atoms with Gasteiger partial charge >= 0.3 is 0 Å². The number of nitrogens with one attached hydrogen (secondary N) is 4. The van der Waals surface area contributed by atoms with Crippen LogP contribution in [0.1, 0.15) is 5.56 Å². The van der Waals surface area contributed by atoms with Crippen LogP contribution in [-0.2, 0) is 11.2 Å². The molecule has 0 spiro atoms. The third-order valence-corrected chi connectivity index (χ3v) is 4.12. The van der Waals surface area contributed by atoms with E-state index in [1.54, 1.807) is 13.2 Å². The molecule has 0 saturated carbocycles. The van der Waals surface area contributed by atoms with E-state index in [-0.39, 0.29) is 10.9 Å². The van der Waals surface area contributed by atoms with E-state index in [2.05, 4.69) is 21.5 Å². The Morgan fingerprint density at radius 1 is 1.20 bits per heavy atom. The van der Waals surface area contributed by atoms with Gasteiger partial charge in [0.2, 0.25) is 5.91 Å². The lowest BCUT2D eigenvalue weighted by molar-refractivity contribution is -0.126. The second kappa shape index (κ2) is 7.69. The van der Waals surface area contributed by atoms with Crippen LogP contribution in [0.2, 0.25) is 5.02 Å². The third kappa shape index (κ3) is 4.39.